The molecule has 0 aromatic carbocycles. The van der Waals surface area contributed by atoms with Crippen LogP contribution in [0.5, 0.6) is 0 Å². The molecule has 140 valence electrons. The normalized spacial score (nSPS) is 14.6. The van der Waals surface area contributed by atoms with Crippen molar-refractivity contribution in [2.75, 3.05) is 50.1 Å². The number of rotatable bonds is 5. The lowest BCUT2D eigenvalue weighted by molar-refractivity contribution is -0.131. The Balaban J connectivity index is 1.55. The minimum Gasteiger partial charge on any atom is -0.363 e. The standard InChI is InChI=1S/C19H27N5OS/c1-14-7-12-26-16(14)5-6-18(25)23-8-10-24(11-9-23)19-20-15(2)13-17(21-19)22(3)4/h7,12-13H,5-6,8-11H2,1-4H3. The molecule has 1 fully saturated rings. The van der Waals surface area contributed by atoms with Gasteiger partial charge in [0, 0.05) is 63.3 Å². The van der Waals surface area contributed by atoms with Crippen LogP contribution in [0.3, 0.4) is 0 Å². The van der Waals surface area contributed by atoms with Gasteiger partial charge in [0.05, 0.1) is 0 Å². The molecule has 0 atom stereocenters. The highest BCUT2D eigenvalue weighted by Gasteiger charge is 2.23. The predicted molar refractivity (Wildman–Crippen MR) is 107 cm³/mol. The number of hydrogen-bond acceptors (Lipinski definition) is 6. The number of thiophene rings is 1. The van der Waals surface area contributed by atoms with E-state index in [1.54, 1.807) is 11.3 Å². The van der Waals surface area contributed by atoms with Gasteiger partial charge >= 0.3 is 0 Å². The fourth-order valence-corrected chi connectivity index (χ4v) is 4.01. The van der Waals surface area contributed by atoms with Gasteiger partial charge < -0.3 is 14.7 Å². The Labute approximate surface area is 159 Å². The van der Waals surface area contributed by atoms with Crippen molar-refractivity contribution in [2.45, 2.75) is 26.7 Å². The summed E-state index contributed by atoms with van der Waals surface area (Å²) in [5.41, 5.74) is 2.25. The van der Waals surface area contributed by atoms with Crippen LogP contribution in [0.2, 0.25) is 0 Å². The highest BCUT2D eigenvalue weighted by molar-refractivity contribution is 7.10. The maximum absolute atomic E-state index is 12.5. The van der Waals surface area contributed by atoms with E-state index in [0.29, 0.717) is 6.42 Å². The summed E-state index contributed by atoms with van der Waals surface area (Å²) in [5.74, 6) is 1.92. The van der Waals surface area contributed by atoms with E-state index in [1.165, 1.54) is 10.4 Å². The van der Waals surface area contributed by atoms with Crippen molar-refractivity contribution >= 4 is 29.0 Å². The quantitative estimate of drug-likeness (QED) is 0.806. The van der Waals surface area contributed by atoms with Gasteiger partial charge in [-0.1, -0.05) is 0 Å². The van der Waals surface area contributed by atoms with Gasteiger partial charge in [0.25, 0.3) is 0 Å². The van der Waals surface area contributed by atoms with E-state index in [4.69, 9.17) is 0 Å². The summed E-state index contributed by atoms with van der Waals surface area (Å²) >= 11 is 1.74. The Morgan fingerprint density at radius 2 is 1.92 bits per heavy atom. The van der Waals surface area contributed by atoms with Gasteiger partial charge in [-0.3, -0.25) is 4.79 Å². The molecule has 3 heterocycles. The maximum Gasteiger partial charge on any atom is 0.227 e. The zero-order valence-electron chi connectivity index (χ0n) is 16.0. The number of anilines is 2. The van der Waals surface area contributed by atoms with Gasteiger partial charge in [-0.25, -0.2) is 4.98 Å². The maximum atomic E-state index is 12.5. The van der Waals surface area contributed by atoms with Crippen LogP contribution < -0.4 is 9.80 Å². The molecular formula is C19H27N5OS. The Kier molecular flexibility index (Phi) is 5.76. The van der Waals surface area contributed by atoms with Crippen LogP contribution in [-0.4, -0.2) is 61.0 Å². The average Bonchev–Trinajstić information content (AvgIpc) is 3.04. The fraction of sp³-hybridized carbons (Fsp3) is 0.526. The molecule has 0 N–H and O–H groups in total. The second-order valence-corrected chi connectivity index (χ2v) is 7.96. The summed E-state index contributed by atoms with van der Waals surface area (Å²) in [7, 11) is 3.97. The van der Waals surface area contributed by atoms with E-state index in [0.717, 1.165) is 50.1 Å². The summed E-state index contributed by atoms with van der Waals surface area (Å²) in [6.07, 6.45) is 1.43. The van der Waals surface area contributed by atoms with Crippen molar-refractivity contribution in [2.24, 2.45) is 0 Å². The third-order valence-electron chi connectivity index (χ3n) is 4.74. The van der Waals surface area contributed by atoms with Crippen LogP contribution in [0, 0.1) is 13.8 Å². The SMILES string of the molecule is Cc1cc(N(C)C)nc(N2CCN(C(=O)CCc3sccc3C)CC2)n1. The first-order chi connectivity index (χ1) is 12.4. The molecule has 1 amide bonds. The summed E-state index contributed by atoms with van der Waals surface area (Å²) in [6, 6.07) is 4.10. The van der Waals surface area contributed by atoms with E-state index in [2.05, 4.69) is 33.2 Å². The number of piperazine rings is 1. The average molecular weight is 374 g/mol. The van der Waals surface area contributed by atoms with Crippen molar-refractivity contribution in [3.63, 3.8) is 0 Å². The van der Waals surface area contributed by atoms with Gasteiger partial charge in [-0.2, -0.15) is 4.98 Å². The minimum atomic E-state index is 0.247. The lowest BCUT2D eigenvalue weighted by Gasteiger charge is -2.35. The molecule has 3 rings (SSSR count). The molecule has 1 aliphatic rings. The first-order valence-electron chi connectivity index (χ1n) is 9.03. The number of aromatic nitrogens is 2. The Morgan fingerprint density at radius 3 is 2.54 bits per heavy atom. The number of hydrogen-bond donors (Lipinski definition) is 0. The summed E-state index contributed by atoms with van der Waals surface area (Å²) < 4.78 is 0. The molecule has 1 saturated heterocycles. The largest absolute Gasteiger partial charge is 0.363 e. The van der Waals surface area contributed by atoms with Gasteiger partial charge in [0.15, 0.2) is 0 Å². The van der Waals surface area contributed by atoms with Crippen molar-refractivity contribution in [3.8, 4) is 0 Å². The third kappa shape index (κ3) is 4.33. The second kappa shape index (κ2) is 8.03. The van der Waals surface area contributed by atoms with Crippen molar-refractivity contribution < 1.29 is 4.79 Å². The van der Waals surface area contributed by atoms with Crippen LogP contribution in [0.1, 0.15) is 22.6 Å². The third-order valence-corrected chi connectivity index (χ3v) is 5.82. The topological polar surface area (TPSA) is 52.6 Å². The molecule has 7 heteroatoms. The number of amides is 1. The molecule has 0 unspecified atom stereocenters. The number of aryl methyl sites for hydroxylation is 3. The molecular weight excluding hydrogens is 346 g/mol. The van der Waals surface area contributed by atoms with Crippen molar-refractivity contribution in [1.29, 1.82) is 0 Å². The summed E-state index contributed by atoms with van der Waals surface area (Å²) in [4.78, 5) is 29.2. The van der Waals surface area contributed by atoms with E-state index in [1.807, 2.05) is 36.9 Å². The van der Waals surface area contributed by atoms with E-state index >= 15 is 0 Å². The molecule has 0 saturated carbocycles. The van der Waals surface area contributed by atoms with Crippen molar-refractivity contribution in [1.82, 2.24) is 14.9 Å². The Bertz CT molecular complexity index is 765. The highest BCUT2D eigenvalue weighted by Crippen LogP contribution is 2.19. The predicted octanol–water partition coefficient (Wildman–Crippen LogP) is 2.50. The monoisotopic (exact) mass is 373 g/mol. The molecule has 0 aliphatic carbocycles. The van der Waals surface area contributed by atoms with Gasteiger partial charge in [0.2, 0.25) is 11.9 Å². The van der Waals surface area contributed by atoms with Crippen LogP contribution in [0.4, 0.5) is 11.8 Å². The van der Waals surface area contributed by atoms with E-state index in [9.17, 15) is 4.79 Å². The molecule has 1 aliphatic heterocycles. The highest BCUT2D eigenvalue weighted by atomic mass is 32.1. The molecule has 6 nitrogen and oxygen atoms in total. The number of nitrogens with zero attached hydrogens (tertiary/aromatic N) is 5. The van der Waals surface area contributed by atoms with Crippen LogP contribution >= 0.6 is 11.3 Å². The molecule has 0 radical (unpaired) electrons. The fourth-order valence-electron chi connectivity index (χ4n) is 3.10. The van der Waals surface area contributed by atoms with Crippen LogP contribution in [0.15, 0.2) is 17.5 Å². The summed E-state index contributed by atoms with van der Waals surface area (Å²) in [6.45, 7) is 7.12. The minimum absolute atomic E-state index is 0.247. The van der Waals surface area contributed by atoms with Gasteiger partial charge in [-0.05, 0) is 37.3 Å². The molecule has 2 aromatic rings. The smallest absolute Gasteiger partial charge is 0.227 e. The molecule has 2 aromatic heterocycles. The lowest BCUT2D eigenvalue weighted by Crippen LogP contribution is -2.49. The molecule has 0 bridgehead atoms. The van der Waals surface area contributed by atoms with Crippen LogP contribution in [-0.2, 0) is 11.2 Å². The molecule has 26 heavy (non-hydrogen) atoms. The lowest BCUT2D eigenvalue weighted by atomic mass is 10.2. The Hall–Kier alpha value is -2.15. The van der Waals surface area contributed by atoms with Gasteiger partial charge in [0.1, 0.15) is 5.82 Å². The van der Waals surface area contributed by atoms with E-state index in [-0.39, 0.29) is 5.91 Å². The number of carbonyl (C=O) groups excluding carboxylic acids is 1. The zero-order chi connectivity index (χ0) is 18.7. The summed E-state index contributed by atoms with van der Waals surface area (Å²) in [5, 5.41) is 2.09. The van der Waals surface area contributed by atoms with Gasteiger partial charge in [-0.15, -0.1) is 11.3 Å². The Morgan fingerprint density at radius 1 is 1.19 bits per heavy atom. The molecule has 0 spiro atoms. The zero-order valence-corrected chi connectivity index (χ0v) is 16.8. The first-order valence-corrected chi connectivity index (χ1v) is 9.90. The first kappa shape index (κ1) is 18.6. The second-order valence-electron chi connectivity index (χ2n) is 6.96. The number of carbonyl (C=O) groups is 1. The van der Waals surface area contributed by atoms with Crippen LogP contribution in [0.25, 0.3) is 0 Å². The van der Waals surface area contributed by atoms with E-state index < -0.39 is 0 Å². The van der Waals surface area contributed by atoms with Crippen molar-refractivity contribution in [3.05, 3.63) is 33.6 Å².